The highest BCUT2D eigenvalue weighted by Gasteiger charge is 2.47. The van der Waals surface area contributed by atoms with Crippen LogP contribution in [0.15, 0.2) is 98.9 Å². The lowest BCUT2D eigenvalue weighted by Crippen LogP contribution is -2.31. The SMILES string of the molecule is CC(C)c1ccc([C@H]2C(S(=O)(=O)c3ccccc3)=C(O)C(=O)N2c2ccc(Br)cc2)cc1. The summed E-state index contributed by atoms with van der Waals surface area (Å²) in [5.41, 5.74) is 2.18. The monoisotopic (exact) mass is 511 g/mol. The van der Waals surface area contributed by atoms with Gasteiger partial charge in [0.15, 0.2) is 5.76 Å². The molecule has 4 rings (SSSR count). The number of hydrogen-bond donors (Lipinski definition) is 1. The molecule has 0 spiro atoms. The van der Waals surface area contributed by atoms with Crippen LogP contribution in [0.3, 0.4) is 0 Å². The average Bonchev–Trinajstić information content (AvgIpc) is 3.06. The van der Waals surface area contributed by atoms with Crippen molar-refractivity contribution in [2.24, 2.45) is 0 Å². The van der Waals surface area contributed by atoms with Gasteiger partial charge in [-0.1, -0.05) is 72.2 Å². The molecule has 1 heterocycles. The first-order valence-electron chi connectivity index (χ1n) is 10.1. The Morgan fingerprint density at radius 3 is 2.06 bits per heavy atom. The van der Waals surface area contributed by atoms with Gasteiger partial charge in [-0.15, -0.1) is 0 Å². The molecule has 1 aliphatic rings. The van der Waals surface area contributed by atoms with E-state index >= 15 is 0 Å². The lowest BCUT2D eigenvalue weighted by molar-refractivity contribution is -0.117. The highest BCUT2D eigenvalue weighted by molar-refractivity contribution is 9.10. The zero-order valence-corrected chi connectivity index (χ0v) is 20.0. The van der Waals surface area contributed by atoms with Crippen molar-refractivity contribution in [3.63, 3.8) is 0 Å². The summed E-state index contributed by atoms with van der Waals surface area (Å²) in [5, 5.41) is 10.8. The van der Waals surface area contributed by atoms with Crippen molar-refractivity contribution >= 4 is 37.4 Å². The van der Waals surface area contributed by atoms with Crippen LogP contribution in [0, 0.1) is 0 Å². The average molecular weight is 512 g/mol. The molecule has 0 saturated carbocycles. The second kappa shape index (κ2) is 8.56. The first-order valence-corrected chi connectivity index (χ1v) is 12.4. The topological polar surface area (TPSA) is 74.7 Å². The predicted octanol–water partition coefficient (Wildman–Crippen LogP) is 5.90. The maximum atomic E-state index is 13.6. The van der Waals surface area contributed by atoms with Crippen LogP contribution in [0.2, 0.25) is 0 Å². The van der Waals surface area contributed by atoms with Crippen molar-refractivity contribution < 1.29 is 18.3 Å². The fraction of sp³-hybridized carbons (Fsp3) is 0.160. The molecule has 164 valence electrons. The Bertz CT molecular complexity index is 1280. The van der Waals surface area contributed by atoms with E-state index in [1.807, 2.05) is 24.3 Å². The third-order valence-corrected chi connectivity index (χ3v) is 7.95. The van der Waals surface area contributed by atoms with Gasteiger partial charge in [0.1, 0.15) is 10.9 Å². The summed E-state index contributed by atoms with van der Waals surface area (Å²) in [7, 11) is -4.14. The summed E-state index contributed by atoms with van der Waals surface area (Å²) in [5.74, 6) is -1.21. The molecule has 1 amide bonds. The predicted molar refractivity (Wildman–Crippen MR) is 128 cm³/mol. The number of aliphatic hydroxyl groups is 1. The number of rotatable bonds is 5. The van der Waals surface area contributed by atoms with Gasteiger partial charge in [0, 0.05) is 10.2 Å². The Labute approximate surface area is 196 Å². The number of anilines is 1. The second-order valence-corrected chi connectivity index (χ2v) is 10.7. The number of hydrogen-bond acceptors (Lipinski definition) is 4. The molecule has 1 aliphatic heterocycles. The lowest BCUT2D eigenvalue weighted by atomic mass is 9.98. The van der Waals surface area contributed by atoms with E-state index in [0.717, 1.165) is 10.0 Å². The largest absolute Gasteiger partial charge is 0.502 e. The molecule has 0 radical (unpaired) electrons. The number of amides is 1. The van der Waals surface area contributed by atoms with E-state index in [1.54, 1.807) is 42.5 Å². The Kier molecular flexibility index (Phi) is 5.97. The lowest BCUT2D eigenvalue weighted by Gasteiger charge is -2.27. The van der Waals surface area contributed by atoms with Crippen LogP contribution in [-0.2, 0) is 14.6 Å². The first-order chi connectivity index (χ1) is 15.2. The fourth-order valence-electron chi connectivity index (χ4n) is 3.82. The van der Waals surface area contributed by atoms with Gasteiger partial charge < -0.3 is 5.11 Å². The number of halogens is 1. The normalized spacial score (nSPS) is 16.8. The molecular weight excluding hydrogens is 490 g/mol. The van der Waals surface area contributed by atoms with Crippen LogP contribution in [0.4, 0.5) is 5.69 Å². The molecule has 0 saturated heterocycles. The van der Waals surface area contributed by atoms with Crippen molar-refractivity contribution in [2.75, 3.05) is 4.90 Å². The third kappa shape index (κ3) is 3.87. The summed E-state index contributed by atoms with van der Waals surface area (Å²) in [4.78, 5) is 14.2. The van der Waals surface area contributed by atoms with Gasteiger partial charge in [-0.3, -0.25) is 9.69 Å². The van der Waals surface area contributed by atoms with E-state index in [1.165, 1.54) is 17.0 Å². The minimum absolute atomic E-state index is 0.0239. The van der Waals surface area contributed by atoms with E-state index in [2.05, 4.69) is 29.8 Å². The van der Waals surface area contributed by atoms with Crippen LogP contribution < -0.4 is 4.90 Å². The summed E-state index contributed by atoms with van der Waals surface area (Å²) < 4.78 is 28.0. The Hall–Kier alpha value is -2.90. The van der Waals surface area contributed by atoms with Crippen LogP contribution in [0.5, 0.6) is 0 Å². The Balaban J connectivity index is 1.92. The van der Waals surface area contributed by atoms with Gasteiger partial charge in [-0.2, -0.15) is 0 Å². The highest BCUT2D eigenvalue weighted by atomic mass is 79.9. The third-order valence-electron chi connectivity index (χ3n) is 5.53. The molecule has 32 heavy (non-hydrogen) atoms. The molecule has 0 fully saturated rings. The van der Waals surface area contributed by atoms with E-state index in [4.69, 9.17) is 0 Å². The Morgan fingerprint density at radius 1 is 0.906 bits per heavy atom. The van der Waals surface area contributed by atoms with Crippen molar-refractivity contribution in [3.05, 3.63) is 105 Å². The molecule has 1 atom stereocenters. The van der Waals surface area contributed by atoms with E-state index in [9.17, 15) is 18.3 Å². The smallest absolute Gasteiger partial charge is 0.295 e. The molecule has 7 heteroatoms. The molecule has 0 aliphatic carbocycles. The number of carbonyl (C=O) groups is 1. The van der Waals surface area contributed by atoms with Gasteiger partial charge in [0.05, 0.1) is 4.90 Å². The van der Waals surface area contributed by atoms with Gasteiger partial charge >= 0.3 is 0 Å². The molecule has 0 bridgehead atoms. The number of sulfone groups is 1. The molecule has 0 unspecified atom stereocenters. The maximum Gasteiger partial charge on any atom is 0.295 e. The Morgan fingerprint density at radius 2 is 1.50 bits per heavy atom. The van der Waals surface area contributed by atoms with Crippen LogP contribution in [0.1, 0.15) is 36.9 Å². The molecular formula is C25H22BrNO4S. The maximum absolute atomic E-state index is 13.6. The molecule has 3 aromatic rings. The number of nitrogens with zero attached hydrogens (tertiary/aromatic N) is 1. The molecule has 3 aromatic carbocycles. The highest BCUT2D eigenvalue weighted by Crippen LogP contribution is 2.45. The summed E-state index contributed by atoms with van der Waals surface area (Å²) in [6, 6.07) is 21.3. The fourth-order valence-corrected chi connectivity index (χ4v) is 5.73. The summed E-state index contributed by atoms with van der Waals surface area (Å²) in [6.07, 6.45) is 0. The molecule has 0 aromatic heterocycles. The van der Waals surface area contributed by atoms with Crippen molar-refractivity contribution in [1.29, 1.82) is 0 Å². The molecule has 5 nitrogen and oxygen atoms in total. The number of benzene rings is 3. The number of aliphatic hydroxyl groups excluding tert-OH is 1. The quantitative estimate of drug-likeness (QED) is 0.462. The first kappa shape index (κ1) is 22.3. The van der Waals surface area contributed by atoms with Crippen molar-refractivity contribution in [3.8, 4) is 0 Å². The number of carbonyl (C=O) groups excluding carboxylic acids is 1. The summed E-state index contributed by atoms with van der Waals surface area (Å²) >= 11 is 3.38. The summed E-state index contributed by atoms with van der Waals surface area (Å²) in [6.45, 7) is 4.14. The van der Waals surface area contributed by atoms with Crippen molar-refractivity contribution in [2.45, 2.75) is 30.7 Å². The van der Waals surface area contributed by atoms with E-state index in [0.29, 0.717) is 17.2 Å². The van der Waals surface area contributed by atoms with E-state index in [-0.39, 0.29) is 9.80 Å². The van der Waals surface area contributed by atoms with Gasteiger partial charge in [-0.05, 0) is 53.4 Å². The minimum atomic E-state index is -4.14. The zero-order chi connectivity index (χ0) is 23.0. The standard InChI is InChI=1S/C25H22BrNO4S/c1-16(2)17-8-10-18(11-9-17)22-24(32(30,31)21-6-4-3-5-7-21)23(28)25(29)27(22)20-14-12-19(26)13-15-20/h3-16,22,28H,1-2H3/t22-/m0/s1. The van der Waals surface area contributed by atoms with Gasteiger partial charge in [0.2, 0.25) is 9.84 Å². The zero-order valence-electron chi connectivity index (χ0n) is 17.6. The van der Waals surface area contributed by atoms with Crippen LogP contribution in [0.25, 0.3) is 0 Å². The van der Waals surface area contributed by atoms with Crippen LogP contribution in [-0.4, -0.2) is 19.4 Å². The van der Waals surface area contributed by atoms with E-state index < -0.39 is 27.5 Å². The second-order valence-electron chi connectivity index (χ2n) is 7.90. The minimum Gasteiger partial charge on any atom is -0.502 e. The molecule has 1 N–H and O–H groups in total. The van der Waals surface area contributed by atoms with Gasteiger partial charge in [-0.25, -0.2) is 8.42 Å². The van der Waals surface area contributed by atoms with Crippen molar-refractivity contribution in [1.82, 2.24) is 0 Å². The van der Waals surface area contributed by atoms with Crippen LogP contribution >= 0.6 is 15.9 Å². The van der Waals surface area contributed by atoms with Gasteiger partial charge in [0.25, 0.3) is 5.91 Å².